The van der Waals surface area contributed by atoms with Crippen LogP contribution in [0.25, 0.3) is 0 Å². The first kappa shape index (κ1) is 22.6. The van der Waals surface area contributed by atoms with Gasteiger partial charge in [0.2, 0.25) is 5.88 Å². The second kappa shape index (κ2) is 8.74. The Balaban J connectivity index is 1.66. The van der Waals surface area contributed by atoms with Crippen LogP contribution in [0.2, 0.25) is 0 Å². The number of nitrogens with one attached hydrogen (secondary N) is 1. The van der Waals surface area contributed by atoms with Gasteiger partial charge in [-0.15, -0.1) is 0 Å². The highest BCUT2D eigenvalue weighted by Crippen LogP contribution is 2.53. The predicted octanol–water partition coefficient (Wildman–Crippen LogP) is 2.30. The van der Waals surface area contributed by atoms with Gasteiger partial charge in [-0.1, -0.05) is 18.7 Å². The van der Waals surface area contributed by atoms with Crippen molar-refractivity contribution in [3.8, 4) is 5.88 Å². The third-order valence-electron chi connectivity index (χ3n) is 6.14. The second-order valence-electron chi connectivity index (χ2n) is 7.82. The van der Waals surface area contributed by atoms with E-state index in [4.69, 9.17) is 15.2 Å². The van der Waals surface area contributed by atoms with E-state index in [0.29, 0.717) is 5.75 Å². The lowest BCUT2D eigenvalue weighted by molar-refractivity contribution is 0.0706. The number of nitrogens with two attached hydrogens (primary N) is 1. The molecule has 3 heterocycles. The van der Waals surface area contributed by atoms with E-state index in [2.05, 4.69) is 20.3 Å². The normalized spacial score (nSPS) is 32.2. The van der Waals surface area contributed by atoms with Crippen LogP contribution in [0.5, 0.6) is 5.88 Å². The van der Waals surface area contributed by atoms with Crippen LogP contribution in [0.1, 0.15) is 17.4 Å². The van der Waals surface area contributed by atoms with Crippen molar-refractivity contribution in [2.45, 2.75) is 18.6 Å². The Hall–Kier alpha value is -2.60. The van der Waals surface area contributed by atoms with E-state index >= 15 is 4.39 Å². The lowest BCUT2D eigenvalue weighted by Crippen LogP contribution is -2.53. The summed E-state index contributed by atoms with van der Waals surface area (Å²) in [5.41, 5.74) is 4.76. The van der Waals surface area contributed by atoms with E-state index in [-0.39, 0.29) is 29.0 Å². The number of methoxy groups -OCH3 is 1. The van der Waals surface area contributed by atoms with E-state index in [1.165, 1.54) is 31.3 Å². The highest BCUT2D eigenvalue weighted by atomic mass is 32.2. The van der Waals surface area contributed by atoms with Crippen molar-refractivity contribution in [2.75, 3.05) is 26.1 Å². The molecule has 1 aromatic rings. The molecular weight excluding hydrogens is 447 g/mol. The van der Waals surface area contributed by atoms with Gasteiger partial charge in [0.25, 0.3) is 5.91 Å². The minimum atomic E-state index is -1.28. The lowest BCUT2D eigenvalue weighted by atomic mass is 9.67. The van der Waals surface area contributed by atoms with E-state index in [1.807, 2.05) is 0 Å². The third kappa shape index (κ3) is 3.75. The molecule has 1 aromatic heterocycles. The number of aliphatic imine (C=N–C) groups is 1. The molecule has 5 atom stereocenters. The van der Waals surface area contributed by atoms with Gasteiger partial charge in [-0.05, 0) is 6.08 Å². The number of hydrogen-bond acceptors (Lipinski definition) is 8. The van der Waals surface area contributed by atoms with E-state index in [1.54, 1.807) is 6.92 Å². The molecule has 12 heteroatoms. The molecule has 0 spiro atoms. The van der Waals surface area contributed by atoms with Gasteiger partial charge in [0.05, 0.1) is 32.2 Å². The number of carbonyl (C=O) groups excluding carboxylic acids is 1. The number of hydrogen-bond donors (Lipinski definition) is 2. The number of allylic oxidation sites excluding steroid dienone is 3. The zero-order valence-electron chi connectivity index (χ0n) is 17.3. The summed E-state index contributed by atoms with van der Waals surface area (Å²) in [6.45, 7) is 0.770. The van der Waals surface area contributed by atoms with Crippen molar-refractivity contribution >= 4 is 22.8 Å². The average molecular weight is 469 g/mol. The molecule has 3 N–H and O–H groups in total. The molecule has 1 amide bonds. The number of rotatable bonds is 5. The minimum absolute atomic E-state index is 0.0278. The van der Waals surface area contributed by atoms with Gasteiger partial charge in [-0.2, -0.15) is 0 Å². The number of carbonyl (C=O) groups is 1. The van der Waals surface area contributed by atoms with Crippen molar-refractivity contribution in [3.63, 3.8) is 0 Å². The number of thioether (sulfide) groups is 1. The quantitative estimate of drug-likeness (QED) is 0.681. The van der Waals surface area contributed by atoms with Crippen LogP contribution in [0, 0.1) is 17.8 Å². The smallest absolute Gasteiger partial charge is 0.275 e. The number of fused-ring (bicyclic) bond motifs is 1. The monoisotopic (exact) mass is 469 g/mol. The fourth-order valence-corrected chi connectivity index (χ4v) is 5.62. The Kier molecular flexibility index (Phi) is 6.17. The molecule has 32 heavy (non-hydrogen) atoms. The summed E-state index contributed by atoms with van der Waals surface area (Å²) in [6.07, 6.45) is 2.62. The maximum absolute atomic E-state index is 15.2. The number of amidine groups is 1. The molecule has 2 aliphatic heterocycles. The zero-order chi connectivity index (χ0) is 23.0. The van der Waals surface area contributed by atoms with Crippen LogP contribution in [0.3, 0.4) is 0 Å². The van der Waals surface area contributed by atoms with Gasteiger partial charge >= 0.3 is 0 Å². The number of alkyl halides is 1. The van der Waals surface area contributed by atoms with Crippen molar-refractivity contribution in [2.24, 2.45) is 28.5 Å². The van der Waals surface area contributed by atoms with E-state index in [9.17, 15) is 13.6 Å². The summed E-state index contributed by atoms with van der Waals surface area (Å²) < 4.78 is 54.0. The highest BCUT2D eigenvalue weighted by molar-refractivity contribution is 8.13. The van der Waals surface area contributed by atoms with E-state index in [0.717, 1.165) is 6.08 Å². The standard InChI is InChI=1S/C20H22F3N5O3S/c1-9-12(27-18(29)13-5-26-15(30-2)6-25-13)3-11(22)17(23)16(9)20-8-31-14(4-21)10(20)7-32-19(24)28-20/h3,5-6,9-10,14,16H,4,7-8H2,1-2H3,(H2,24,28)(H,27,29)/t9?,10-,14-,16?,20+/m1/s1. The Morgan fingerprint density at radius 1 is 1.41 bits per heavy atom. The van der Waals surface area contributed by atoms with Gasteiger partial charge < -0.3 is 20.5 Å². The Morgan fingerprint density at radius 3 is 2.84 bits per heavy atom. The third-order valence-corrected chi connectivity index (χ3v) is 7.05. The number of aromatic nitrogens is 2. The van der Waals surface area contributed by atoms with Crippen LogP contribution in [0.15, 0.2) is 40.8 Å². The summed E-state index contributed by atoms with van der Waals surface area (Å²) in [5, 5.41) is 2.80. The fraction of sp³-hybridized carbons (Fsp3) is 0.500. The summed E-state index contributed by atoms with van der Waals surface area (Å²) in [6, 6.07) is 0. The minimum Gasteiger partial charge on any atom is -0.480 e. The van der Waals surface area contributed by atoms with Crippen molar-refractivity contribution < 1.29 is 27.4 Å². The first-order valence-corrected chi connectivity index (χ1v) is 10.9. The molecule has 0 saturated carbocycles. The van der Waals surface area contributed by atoms with Crippen LogP contribution >= 0.6 is 11.8 Å². The number of nitrogens with zero attached hydrogens (tertiary/aromatic N) is 3. The fourth-order valence-electron chi connectivity index (χ4n) is 4.53. The van der Waals surface area contributed by atoms with Crippen LogP contribution in [-0.2, 0) is 4.74 Å². The summed E-state index contributed by atoms with van der Waals surface area (Å²) in [4.78, 5) is 25.0. The SMILES string of the molecule is COc1cnc(C(=O)NC2=CC(F)=C(F)C([C@]34CO[C@H](CF)[C@H]3CSC(N)=N4)C2C)cn1. The largest absolute Gasteiger partial charge is 0.480 e. The molecular formula is C20H22F3N5O3S. The highest BCUT2D eigenvalue weighted by Gasteiger charge is 2.60. The molecule has 3 aliphatic rings. The van der Waals surface area contributed by atoms with Crippen molar-refractivity contribution in [1.82, 2.24) is 15.3 Å². The molecule has 8 nitrogen and oxygen atoms in total. The summed E-state index contributed by atoms with van der Waals surface area (Å²) in [7, 11) is 1.41. The molecule has 0 aromatic carbocycles. The summed E-state index contributed by atoms with van der Waals surface area (Å²) >= 11 is 1.23. The Labute approximate surface area is 186 Å². The Morgan fingerprint density at radius 2 is 2.19 bits per heavy atom. The van der Waals surface area contributed by atoms with Crippen molar-refractivity contribution in [3.05, 3.63) is 41.5 Å². The summed E-state index contributed by atoms with van der Waals surface area (Å²) in [5.74, 6) is -4.55. The van der Waals surface area contributed by atoms with Crippen LogP contribution in [0.4, 0.5) is 13.2 Å². The molecule has 1 saturated heterocycles. The average Bonchev–Trinajstić information content (AvgIpc) is 3.15. The Bertz CT molecular complexity index is 1000. The first-order valence-electron chi connectivity index (χ1n) is 9.90. The van der Waals surface area contributed by atoms with Crippen LogP contribution < -0.4 is 15.8 Å². The van der Waals surface area contributed by atoms with E-state index < -0.39 is 53.6 Å². The maximum Gasteiger partial charge on any atom is 0.275 e. The second-order valence-corrected chi connectivity index (χ2v) is 8.86. The number of amides is 1. The topological polar surface area (TPSA) is 112 Å². The first-order chi connectivity index (χ1) is 15.3. The van der Waals surface area contributed by atoms with Gasteiger partial charge in [0, 0.05) is 29.2 Å². The predicted molar refractivity (Wildman–Crippen MR) is 112 cm³/mol. The van der Waals surface area contributed by atoms with Gasteiger partial charge in [0.15, 0.2) is 11.0 Å². The molecule has 4 rings (SSSR count). The number of halogens is 3. The lowest BCUT2D eigenvalue weighted by Gasteiger charge is -2.44. The number of ether oxygens (including phenoxy) is 2. The van der Waals surface area contributed by atoms with Crippen molar-refractivity contribution in [1.29, 1.82) is 0 Å². The maximum atomic E-state index is 15.2. The molecule has 2 unspecified atom stereocenters. The molecule has 172 valence electrons. The molecule has 1 fully saturated rings. The zero-order valence-corrected chi connectivity index (χ0v) is 18.2. The van der Waals surface area contributed by atoms with Gasteiger partial charge in [0.1, 0.15) is 23.7 Å². The molecule has 0 bridgehead atoms. The molecule has 1 aliphatic carbocycles. The van der Waals surface area contributed by atoms with Crippen LogP contribution in [-0.4, -0.2) is 58.8 Å². The molecule has 0 radical (unpaired) electrons. The van der Waals surface area contributed by atoms with Gasteiger partial charge in [-0.25, -0.2) is 23.1 Å². The van der Waals surface area contributed by atoms with Gasteiger partial charge in [-0.3, -0.25) is 9.79 Å².